The van der Waals surface area contributed by atoms with Crippen LogP contribution >= 0.6 is 0 Å². The van der Waals surface area contributed by atoms with Gasteiger partial charge in [-0.3, -0.25) is 0 Å². The second-order valence-corrected chi connectivity index (χ2v) is 0.750. The van der Waals surface area contributed by atoms with Crippen molar-refractivity contribution >= 4 is 63.8 Å². The van der Waals surface area contributed by atoms with Gasteiger partial charge in [0, 0.05) is 9.17 Å². The molecule has 7 heavy (non-hydrogen) atoms. The van der Waals surface area contributed by atoms with Crippen LogP contribution in [0.2, 0.25) is 0 Å². The minimum Gasteiger partial charge on any atom is -2.00 e. The van der Waals surface area contributed by atoms with Crippen LogP contribution in [0.25, 0.3) is 0 Å². The van der Waals surface area contributed by atoms with Gasteiger partial charge in [0.2, 0.25) is 0 Å². The molecule has 0 N–H and O–H groups in total. The van der Waals surface area contributed by atoms with E-state index in [0.717, 1.165) is 0 Å². The number of hydrogen-bond donors (Lipinski definition) is 0. The van der Waals surface area contributed by atoms with Crippen LogP contribution in [-0.2, 0) is 9.94 Å². The molecule has 4 radical (unpaired) electrons. The van der Waals surface area contributed by atoms with E-state index in [2.05, 4.69) is 0 Å². The fourth-order valence-corrected chi connectivity index (χ4v) is 0. The van der Waals surface area contributed by atoms with Gasteiger partial charge in [0.25, 0.3) is 0 Å². The summed E-state index contributed by atoms with van der Waals surface area (Å²) < 4.78 is 8.52. The molecule has 0 saturated carbocycles. The zero-order valence-corrected chi connectivity index (χ0v) is 11.9. The van der Waals surface area contributed by atoms with Gasteiger partial charge in [-0.05, 0) is 0 Å². The summed E-state index contributed by atoms with van der Waals surface area (Å²) in [7, 11) is -3.63. The van der Waals surface area contributed by atoms with Gasteiger partial charge in [-0.1, -0.05) is 0 Å². The van der Waals surface area contributed by atoms with Crippen LogP contribution in [0.1, 0.15) is 0 Å². The van der Waals surface area contributed by atoms with Crippen LogP contribution in [0.3, 0.4) is 0 Å². The third-order valence-electron chi connectivity index (χ3n) is 0. The summed E-state index contributed by atoms with van der Waals surface area (Å²) in [6.07, 6.45) is 0. The van der Waals surface area contributed by atoms with Crippen molar-refractivity contribution in [3.63, 3.8) is 0 Å². The van der Waals surface area contributed by atoms with Gasteiger partial charge in [-0.25, -0.2) is 0 Å². The van der Waals surface area contributed by atoms with Gasteiger partial charge >= 0.3 is 54.6 Å². The van der Waals surface area contributed by atoms with Crippen LogP contribution in [0.4, 0.5) is 0 Å². The van der Waals surface area contributed by atoms with Crippen LogP contribution in [-0.4, -0.2) is 63.8 Å². The molecular weight excluding hydrogens is 506 g/mol. The van der Waals surface area contributed by atoms with Crippen molar-refractivity contribution in [2.75, 3.05) is 0 Å². The molecule has 0 atom stereocenters. The summed E-state index contributed by atoms with van der Waals surface area (Å²) in [5.41, 5.74) is 0. The molecule has 0 aromatic carbocycles. The Kier molecular flexibility index (Phi) is 53.1. The minimum atomic E-state index is -3.63. The van der Waals surface area contributed by atoms with Crippen LogP contribution in [0.15, 0.2) is 0 Å². The van der Waals surface area contributed by atoms with Gasteiger partial charge in [-0.15, -0.1) is 0 Å². The Labute approximate surface area is 82.5 Å². The van der Waals surface area contributed by atoms with Crippen molar-refractivity contribution < 1.29 is 19.5 Å². The van der Waals surface area contributed by atoms with Gasteiger partial charge in [-0.2, -0.15) is 0 Å². The molecule has 0 aromatic rings. The van der Waals surface area contributed by atoms with E-state index >= 15 is 0 Å². The molecule has 0 bridgehead atoms. The van der Waals surface area contributed by atoms with E-state index in [0.29, 0.717) is 0 Å². The van der Waals surface area contributed by atoms with E-state index in [9.17, 15) is 0 Å². The first kappa shape index (κ1) is 23.7. The van der Waals surface area contributed by atoms with Crippen molar-refractivity contribution in [3.05, 3.63) is 0 Å². The smallest absolute Gasteiger partial charge is 2.00 e. The van der Waals surface area contributed by atoms with Crippen LogP contribution in [0.5, 0.6) is 0 Å². The molecular formula is O4Pb2Si. The third-order valence-corrected chi connectivity index (χ3v) is 0. The topological polar surface area (TPSA) is 91.7 Å². The van der Waals surface area contributed by atoms with Crippen molar-refractivity contribution in [1.29, 1.82) is 0 Å². The Morgan fingerprint density at radius 3 is 1.14 bits per heavy atom. The predicted molar refractivity (Wildman–Crippen MR) is 18.6 cm³/mol. The molecule has 0 saturated heterocycles. The van der Waals surface area contributed by atoms with Crippen molar-refractivity contribution in [2.45, 2.75) is 0 Å². The molecule has 0 rings (SSSR count). The average molecular weight is 506 g/mol. The van der Waals surface area contributed by atoms with Gasteiger partial charge < -0.3 is 19.5 Å². The van der Waals surface area contributed by atoms with Gasteiger partial charge in [0.1, 0.15) is 0 Å². The van der Waals surface area contributed by atoms with E-state index in [1.807, 2.05) is 0 Å². The van der Waals surface area contributed by atoms with E-state index in [4.69, 9.17) is 14.1 Å². The minimum absolute atomic E-state index is 0. The van der Waals surface area contributed by atoms with Gasteiger partial charge in [0.15, 0.2) is 0 Å². The monoisotopic (exact) mass is 508 g/mol. The first-order chi connectivity index (χ1) is 1.73. The Bertz CT molecular complexity index is 32.7. The van der Waals surface area contributed by atoms with E-state index in [1.165, 1.54) is 0 Å². The molecule has 4 nitrogen and oxygen atoms in total. The zero-order chi connectivity index (χ0) is 3.58. The normalized spacial score (nSPS) is 3.43. The molecule has 0 aliphatic rings. The maximum atomic E-state index is 8.52. The summed E-state index contributed by atoms with van der Waals surface area (Å²) in [5, 5.41) is 0. The number of rotatable bonds is 0. The number of hydrogen-bond acceptors (Lipinski definition) is 3. The largest absolute Gasteiger partial charge is 2.00 e. The average Bonchev–Trinajstić information content (AvgIpc) is 0.811. The second-order valence-electron chi connectivity index (χ2n) is 0.250. The fraction of sp³-hybridized carbons (Fsp3) is 0. The summed E-state index contributed by atoms with van der Waals surface area (Å²) in [6.45, 7) is 0. The van der Waals surface area contributed by atoms with Crippen molar-refractivity contribution in [2.24, 2.45) is 0 Å². The van der Waals surface area contributed by atoms with E-state index in [-0.39, 0.29) is 60.1 Å². The molecule has 7 heteroatoms. The first-order valence-corrected chi connectivity index (χ1v) is 1.84. The Hall–Kier alpha value is 1.42. The molecule has 0 heterocycles. The standard InChI is InChI=1S/O3Si.O.2Pb/c1-4(2)3;;;/q2*-2;2*+2. The quantitative estimate of drug-likeness (QED) is 0.316. The molecule has 0 aliphatic heterocycles. The molecule has 0 spiro atoms. The Morgan fingerprint density at radius 2 is 1.14 bits per heavy atom. The van der Waals surface area contributed by atoms with Crippen molar-refractivity contribution in [1.82, 2.24) is 0 Å². The Morgan fingerprint density at radius 1 is 1.14 bits per heavy atom. The molecule has 0 aromatic heterocycles. The zero-order valence-electron chi connectivity index (χ0n) is 3.13. The third kappa shape index (κ3) is 108. The van der Waals surface area contributed by atoms with Gasteiger partial charge in [0.05, 0.1) is 0 Å². The molecule has 0 amide bonds. The maximum absolute atomic E-state index is 8.52. The molecule has 36 valence electrons. The Balaban J connectivity index is -0.0000000150. The first-order valence-electron chi connectivity index (χ1n) is 0.612. The van der Waals surface area contributed by atoms with E-state index < -0.39 is 9.17 Å². The molecule has 0 unspecified atom stereocenters. The van der Waals surface area contributed by atoms with Crippen molar-refractivity contribution in [3.8, 4) is 0 Å². The molecule has 0 fully saturated rings. The summed E-state index contributed by atoms with van der Waals surface area (Å²) in [4.78, 5) is 17.0. The summed E-state index contributed by atoms with van der Waals surface area (Å²) in [6, 6.07) is 0. The van der Waals surface area contributed by atoms with E-state index in [1.54, 1.807) is 0 Å². The van der Waals surface area contributed by atoms with Crippen LogP contribution < -0.4 is 9.59 Å². The SMILES string of the molecule is O=[Si]([O-])[O-].[O-2].[Pb+2].[Pb+2]. The summed E-state index contributed by atoms with van der Waals surface area (Å²) >= 11 is 0. The molecule has 0 aliphatic carbocycles. The predicted octanol–water partition coefficient (Wildman–Crippen LogP) is -3.76. The van der Waals surface area contributed by atoms with Crippen LogP contribution in [0, 0.1) is 0 Å². The second kappa shape index (κ2) is 15.7. The fourth-order valence-electron chi connectivity index (χ4n) is 0. The maximum Gasteiger partial charge on any atom is 2.00 e. The summed E-state index contributed by atoms with van der Waals surface area (Å²) in [5.74, 6) is 0.